The lowest BCUT2D eigenvalue weighted by atomic mass is 10.2. The highest BCUT2D eigenvalue weighted by molar-refractivity contribution is 5.92. The van der Waals surface area contributed by atoms with Gasteiger partial charge >= 0.3 is 0 Å². The highest BCUT2D eigenvalue weighted by Crippen LogP contribution is 2.28. The van der Waals surface area contributed by atoms with Crippen molar-refractivity contribution >= 4 is 11.8 Å². The molecular formula is C22H24N4O5. The van der Waals surface area contributed by atoms with Crippen LogP contribution < -0.4 is 25.3 Å². The first-order chi connectivity index (χ1) is 14.9. The average Bonchev–Trinajstić information content (AvgIpc) is 3.26. The third kappa shape index (κ3) is 5.33. The number of nitrogens with two attached hydrogens (primary N) is 1. The van der Waals surface area contributed by atoms with Crippen LogP contribution in [-0.4, -0.2) is 42.4 Å². The Morgan fingerprint density at radius 3 is 2.48 bits per heavy atom. The maximum absolute atomic E-state index is 12.6. The fourth-order valence-corrected chi connectivity index (χ4v) is 2.92. The average molecular weight is 424 g/mol. The van der Waals surface area contributed by atoms with Crippen LogP contribution in [0.5, 0.6) is 17.2 Å². The summed E-state index contributed by atoms with van der Waals surface area (Å²) in [5.74, 6) is 0.581. The van der Waals surface area contributed by atoms with Gasteiger partial charge in [0.05, 0.1) is 14.2 Å². The van der Waals surface area contributed by atoms with Gasteiger partial charge in [-0.3, -0.25) is 9.59 Å². The fraction of sp³-hybridized carbons (Fsp3) is 0.227. The van der Waals surface area contributed by atoms with E-state index in [0.717, 1.165) is 16.8 Å². The van der Waals surface area contributed by atoms with E-state index < -0.39 is 5.91 Å². The number of benzene rings is 2. The topological polar surface area (TPSA) is 118 Å². The first-order valence-corrected chi connectivity index (χ1v) is 9.48. The number of aromatic nitrogens is 2. The molecule has 2 amide bonds. The molecule has 3 N–H and O–H groups in total. The van der Waals surface area contributed by atoms with Gasteiger partial charge in [-0.25, -0.2) is 4.68 Å². The van der Waals surface area contributed by atoms with E-state index in [1.165, 1.54) is 7.11 Å². The number of hydrogen-bond acceptors (Lipinski definition) is 6. The fourth-order valence-electron chi connectivity index (χ4n) is 2.92. The quantitative estimate of drug-likeness (QED) is 0.542. The van der Waals surface area contributed by atoms with Crippen LogP contribution in [-0.2, 0) is 11.3 Å². The Bertz CT molecular complexity index is 1090. The molecule has 0 aliphatic heterocycles. The second kappa shape index (κ2) is 9.66. The van der Waals surface area contributed by atoms with E-state index >= 15 is 0 Å². The van der Waals surface area contributed by atoms with Gasteiger partial charge in [0.15, 0.2) is 23.8 Å². The second-order valence-corrected chi connectivity index (χ2v) is 6.74. The van der Waals surface area contributed by atoms with Crippen LogP contribution in [0, 0.1) is 6.92 Å². The van der Waals surface area contributed by atoms with Crippen molar-refractivity contribution in [1.29, 1.82) is 0 Å². The van der Waals surface area contributed by atoms with Gasteiger partial charge in [-0.2, -0.15) is 5.10 Å². The summed E-state index contributed by atoms with van der Waals surface area (Å²) in [4.78, 5) is 23.4. The molecule has 0 saturated heterocycles. The molecule has 1 heterocycles. The van der Waals surface area contributed by atoms with E-state index in [0.29, 0.717) is 17.2 Å². The molecule has 0 saturated carbocycles. The van der Waals surface area contributed by atoms with E-state index in [9.17, 15) is 9.59 Å². The van der Waals surface area contributed by atoms with E-state index in [1.807, 2.05) is 25.1 Å². The van der Waals surface area contributed by atoms with Crippen LogP contribution >= 0.6 is 0 Å². The van der Waals surface area contributed by atoms with Gasteiger partial charge in [-0.05, 0) is 48.4 Å². The van der Waals surface area contributed by atoms with Gasteiger partial charge in [-0.15, -0.1) is 0 Å². The van der Waals surface area contributed by atoms with Crippen LogP contribution in [0.15, 0.2) is 48.7 Å². The maximum atomic E-state index is 12.6. The number of methoxy groups -OCH3 is 2. The minimum absolute atomic E-state index is 0.249. The molecule has 3 aromatic rings. The van der Waals surface area contributed by atoms with Crippen molar-refractivity contribution in [1.82, 2.24) is 15.1 Å². The molecule has 0 atom stereocenters. The summed E-state index contributed by atoms with van der Waals surface area (Å²) in [5, 5.41) is 7.19. The lowest BCUT2D eigenvalue weighted by Gasteiger charge is -2.11. The molecule has 3 rings (SSSR count). The number of rotatable bonds is 9. The van der Waals surface area contributed by atoms with Crippen molar-refractivity contribution in [3.8, 4) is 22.9 Å². The molecule has 9 heteroatoms. The smallest absolute Gasteiger partial charge is 0.272 e. The molecule has 1 aromatic heterocycles. The minimum atomic E-state index is -0.582. The largest absolute Gasteiger partial charge is 0.494 e. The minimum Gasteiger partial charge on any atom is -0.494 e. The molecular weight excluding hydrogens is 400 g/mol. The summed E-state index contributed by atoms with van der Waals surface area (Å²) in [6.45, 7) is 1.98. The molecule has 0 spiro atoms. The van der Waals surface area contributed by atoms with Gasteiger partial charge in [0, 0.05) is 12.7 Å². The van der Waals surface area contributed by atoms with Crippen LogP contribution in [0.2, 0.25) is 0 Å². The third-order valence-electron chi connectivity index (χ3n) is 4.45. The summed E-state index contributed by atoms with van der Waals surface area (Å²) < 4.78 is 17.6. The summed E-state index contributed by atoms with van der Waals surface area (Å²) in [6, 6.07) is 12.5. The number of primary amides is 1. The Morgan fingerprint density at radius 1 is 1.03 bits per heavy atom. The van der Waals surface area contributed by atoms with Gasteiger partial charge in [0.1, 0.15) is 11.4 Å². The first-order valence-electron chi connectivity index (χ1n) is 9.48. The van der Waals surface area contributed by atoms with E-state index in [1.54, 1.807) is 42.3 Å². The predicted octanol–water partition coefficient (Wildman–Crippen LogP) is 1.99. The van der Waals surface area contributed by atoms with Crippen molar-refractivity contribution < 1.29 is 23.8 Å². The van der Waals surface area contributed by atoms with E-state index in [2.05, 4.69) is 10.4 Å². The monoisotopic (exact) mass is 424 g/mol. The Balaban J connectivity index is 1.68. The highest BCUT2D eigenvalue weighted by Gasteiger charge is 2.13. The molecule has 31 heavy (non-hydrogen) atoms. The van der Waals surface area contributed by atoms with Gasteiger partial charge in [-0.1, -0.05) is 12.1 Å². The molecule has 0 aliphatic carbocycles. The Kier molecular flexibility index (Phi) is 6.76. The van der Waals surface area contributed by atoms with Crippen molar-refractivity contribution in [2.75, 3.05) is 20.8 Å². The molecule has 0 aliphatic rings. The maximum Gasteiger partial charge on any atom is 0.272 e. The molecule has 0 radical (unpaired) electrons. The summed E-state index contributed by atoms with van der Waals surface area (Å²) >= 11 is 0. The van der Waals surface area contributed by atoms with Gasteiger partial charge in [0.2, 0.25) is 0 Å². The number of aryl methyl sites for hydroxylation is 1. The normalized spacial score (nSPS) is 10.4. The lowest BCUT2D eigenvalue weighted by molar-refractivity contribution is -0.119. The lowest BCUT2D eigenvalue weighted by Crippen LogP contribution is -2.23. The third-order valence-corrected chi connectivity index (χ3v) is 4.45. The van der Waals surface area contributed by atoms with Crippen molar-refractivity contribution in [3.63, 3.8) is 0 Å². The van der Waals surface area contributed by atoms with Crippen molar-refractivity contribution in [2.45, 2.75) is 13.5 Å². The van der Waals surface area contributed by atoms with Crippen LogP contribution in [0.3, 0.4) is 0 Å². The first kappa shape index (κ1) is 21.7. The molecule has 0 unspecified atom stereocenters. The SMILES string of the molecule is COc1cc(CNC(=O)c2ccn(-c3cc(C)ccc3OC)n2)ccc1OCC(N)=O. The molecule has 0 fully saturated rings. The number of carbonyl (C=O) groups is 2. The summed E-state index contributed by atoms with van der Waals surface area (Å²) in [7, 11) is 3.07. The number of hydrogen-bond donors (Lipinski definition) is 2. The Morgan fingerprint density at radius 2 is 1.77 bits per heavy atom. The van der Waals surface area contributed by atoms with Crippen LogP contribution in [0.25, 0.3) is 5.69 Å². The molecule has 162 valence electrons. The number of nitrogens with zero attached hydrogens (tertiary/aromatic N) is 2. The number of carbonyl (C=O) groups excluding carboxylic acids is 2. The van der Waals surface area contributed by atoms with Crippen molar-refractivity contribution in [3.05, 3.63) is 65.5 Å². The number of amides is 2. The van der Waals surface area contributed by atoms with Crippen molar-refractivity contribution in [2.24, 2.45) is 5.73 Å². The second-order valence-electron chi connectivity index (χ2n) is 6.74. The number of ether oxygens (including phenoxy) is 3. The van der Waals surface area contributed by atoms with Gasteiger partial charge < -0.3 is 25.3 Å². The zero-order valence-electron chi connectivity index (χ0n) is 17.5. The Hall–Kier alpha value is -4.01. The highest BCUT2D eigenvalue weighted by atomic mass is 16.5. The zero-order valence-corrected chi connectivity index (χ0v) is 17.5. The number of nitrogens with one attached hydrogen (secondary N) is 1. The van der Waals surface area contributed by atoms with E-state index in [4.69, 9.17) is 19.9 Å². The standard InChI is InChI=1S/C22H24N4O5/c1-14-4-6-18(29-2)17(10-14)26-9-8-16(25-26)22(28)24-12-15-5-7-19(20(11-15)30-3)31-13-21(23)27/h4-11H,12-13H2,1-3H3,(H2,23,27)(H,24,28). The van der Waals surface area contributed by atoms with Crippen LogP contribution in [0.1, 0.15) is 21.6 Å². The molecule has 0 bridgehead atoms. The van der Waals surface area contributed by atoms with Gasteiger partial charge in [0.25, 0.3) is 11.8 Å². The Labute approximate surface area is 179 Å². The summed E-state index contributed by atoms with van der Waals surface area (Å²) in [5.41, 5.74) is 7.96. The predicted molar refractivity (Wildman–Crippen MR) is 114 cm³/mol. The summed E-state index contributed by atoms with van der Waals surface area (Å²) in [6.07, 6.45) is 1.71. The molecule has 9 nitrogen and oxygen atoms in total. The zero-order chi connectivity index (χ0) is 22.4. The van der Waals surface area contributed by atoms with Crippen LogP contribution in [0.4, 0.5) is 0 Å². The van der Waals surface area contributed by atoms with E-state index in [-0.39, 0.29) is 24.8 Å². The molecule has 2 aromatic carbocycles.